The maximum atomic E-state index is 11.8. The lowest BCUT2D eigenvalue weighted by atomic mass is 10.4. The molecule has 2 heterocycles. The number of aromatic nitrogens is 4. The van der Waals surface area contributed by atoms with Gasteiger partial charge in [-0.1, -0.05) is 22.7 Å². The van der Waals surface area contributed by atoms with E-state index < -0.39 is 0 Å². The van der Waals surface area contributed by atoms with E-state index in [9.17, 15) is 4.79 Å². The summed E-state index contributed by atoms with van der Waals surface area (Å²) in [5, 5.41) is 13.3. The van der Waals surface area contributed by atoms with E-state index in [1.807, 2.05) is 0 Å². The highest BCUT2D eigenvalue weighted by Gasteiger charge is 2.08. The second-order valence-corrected chi connectivity index (χ2v) is 4.73. The van der Waals surface area contributed by atoms with Crippen molar-refractivity contribution in [1.82, 2.24) is 25.3 Å². The monoisotopic (exact) mass is 334 g/mol. The molecule has 2 rings (SSSR count). The van der Waals surface area contributed by atoms with Crippen LogP contribution in [0.15, 0.2) is 24.5 Å². The van der Waals surface area contributed by atoms with Crippen LogP contribution in [0.4, 0.5) is 5.69 Å². The molecule has 0 saturated heterocycles. The van der Waals surface area contributed by atoms with Crippen LogP contribution in [-0.4, -0.2) is 45.6 Å². The van der Waals surface area contributed by atoms with Crippen LogP contribution in [0.5, 0.6) is 5.88 Å². The van der Waals surface area contributed by atoms with Gasteiger partial charge in [-0.25, -0.2) is 0 Å². The molecule has 0 atom stereocenters. The molecule has 120 valence electrons. The Morgan fingerprint density at radius 1 is 1.48 bits per heavy atom. The Kier molecular flexibility index (Phi) is 6.35. The van der Waals surface area contributed by atoms with Crippen LogP contribution in [0, 0.1) is 12.3 Å². The van der Waals surface area contributed by atoms with Crippen LogP contribution in [0.25, 0.3) is 0 Å². The van der Waals surface area contributed by atoms with Gasteiger partial charge in [-0.05, 0) is 6.07 Å². The predicted octanol–water partition coefficient (Wildman–Crippen LogP) is 0.567. The first-order valence-electron chi connectivity index (χ1n) is 6.76. The molecule has 8 nitrogen and oxygen atoms in total. The normalized spacial score (nSPS) is 10.1. The Morgan fingerprint density at radius 3 is 3.04 bits per heavy atom. The zero-order valence-corrected chi connectivity index (χ0v) is 13.0. The number of nitrogens with zero attached hydrogens (tertiary/aromatic N) is 4. The first-order chi connectivity index (χ1) is 11.2. The maximum Gasteiger partial charge on any atom is 0.238 e. The van der Waals surface area contributed by atoms with Gasteiger partial charge in [-0.3, -0.25) is 9.48 Å². The van der Waals surface area contributed by atoms with Crippen molar-refractivity contribution in [3.8, 4) is 18.2 Å². The molecule has 2 aromatic heterocycles. The summed E-state index contributed by atoms with van der Waals surface area (Å²) in [4.78, 5) is 15.8. The topological polar surface area (TPSA) is 94.0 Å². The van der Waals surface area contributed by atoms with Crippen molar-refractivity contribution < 1.29 is 9.53 Å². The molecule has 9 heteroatoms. The second kappa shape index (κ2) is 8.73. The lowest BCUT2D eigenvalue weighted by Gasteiger charge is -2.09. The van der Waals surface area contributed by atoms with Crippen LogP contribution in [0.1, 0.15) is 0 Å². The predicted molar refractivity (Wildman–Crippen MR) is 85.1 cm³/mol. The van der Waals surface area contributed by atoms with Crippen LogP contribution in [0.2, 0.25) is 5.15 Å². The molecule has 0 aliphatic rings. The zero-order valence-electron chi connectivity index (χ0n) is 12.2. The minimum Gasteiger partial charge on any atom is -0.464 e. The highest BCUT2D eigenvalue weighted by atomic mass is 35.5. The first-order valence-corrected chi connectivity index (χ1v) is 7.14. The Labute approximate surface area is 138 Å². The minimum atomic E-state index is -0.232. The van der Waals surface area contributed by atoms with Crippen molar-refractivity contribution in [3.63, 3.8) is 0 Å². The van der Waals surface area contributed by atoms with Gasteiger partial charge < -0.3 is 15.4 Å². The van der Waals surface area contributed by atoms with Gasteiger partial charge in [0.2, 0.25) is 11.8 Å². The number of hydrogen-bond acceptors (Lipinski definition) is 6. The highest BCUT2D eigenvalue weighted by molar-refractivity contribution is 6.32. The number of nitrogens with one attached hydrogen (secondary N) is 2. The Hall–Kier alpha value is -2.63. The van der Waals surface area contributed by atoms with E-state index in [2.05, 4.69) is 31.9 Å². The second-order valence-electron chi connectivity index (χ2n) is 4.37. The minimum absolute atomic E-state index is 0.102. The summed E-state index contributed by atoms with van der Waals surface area (Å²) in [6.45, 7) is 1.45. The number of terminal acetylenes is 1. The largest absolute Gasteiger partial charge is 0.464 e. The van der Waals surface area contributed by atoms with Gasteiger partial charge in [-0.15, -0.1) is 11.5 Å². The van der Waals surface area contributed by atoms with Crippen LogP contribution >= 0.6 is 11.6 Å². The molecular weight excluding hydrogens is 320 g/mol. The number of ether oxygens (including phenoxy) is 1. The van der Waals surface area contributed by atoms with Crippen molar-refractivity contribution in [1.29, 1.82) is 0 Å². The maximum absolute atomic E-state index is 11.8. The molecule has 0 bridgehead atoms. The summed E-state index contributed by atoms with van der Waals surface area (Å²) >= 11 is 5.98. The molecule has 0 aliphatic heterocycles. The number of anilines is 1. The molecule has 0 unspecified atom stereocenters. The van der Waals surface area contributed by atoms with Crippen molar-refractivity contribution in [2.24, 2.45) is 0 Å². The van der Waals surface area contributed by atoms with E-state index in [0.29, 0.717) is 24.7 Å². The summed E-state index contributed by atoms with van der Waals surface area (Å²) in [6.07, 6.45) is 8.43. The van der Waals surface area contributed by atoms with Crippen molar-refractivity contribution in [2.75, 3.05) is 25.0 Å². The number of rotatable bonds is 8. The molecule has 0 radical (unpaired) electrons. The number of amides is 1. The van der Waals surface area contributed by atoms with Crippen LogP contribution in [-0.2, 0) is 11.3 Å². The molecule has 0 fully saturated rings. The van der Waals surface area contributed by atoms with Gasteiger partial charge in [-0.2, -0.15) is 4.98 Å². The fourth-order valence-corrected chi connectivity index (χ4v) is 1.84. The van der Waals surface area contributed by atoms with Crippen LogP contribution in [0.3, 0.4) is 0 Å². The first kappa shape index (κ1) is 16.7. The quantitative estimate of drug-likeness (QED) is 0.416. The lowest BCUT2D eigenvalue weighted by Crippen LogP contribution is -2.30. The molecule has 0 spiro atoms. The third-order valence-electron chi connectivity index (χ3n) is 2.68. The molecular formula is C14H15ClN6O2. The number of halogens is 1. The Morgan fingerprint density at radius 2 is 2.35 bits per heavy atom. The Bertz CT molecular complexity index is 683. The average Bonchev–Trinajstić information content (AvgIpc) is 3.05. The molecule has 2 N–H and O–H groups in total. The van der Waals surface area contributed by atoms with E-state index >= 15 is 0 Å². The van der Waals surface area contributed by atoms with Gasteiger partial charge in [0.25, 0.3) is 0 Å². The zero-order chi connectivity index (χ0) is 16.5. The van der Waals surface area contributed by atoms with Crippen molar-refractivity contribution in [3.05, 3.63) is 29.7 Å². The number of carbonyl (C=O) groups is 1. The van der Waals surface area contributed by atoms with Gasteiger partial charge in [0, 0.05) is 18.8 Å². The number of pyridine rings is 1. The summed E-state index contributed by atoms with van der Waals surface area (Å²) in [5.74, 6) is 2.40. The highest BCUT2D eigenvalue weighted by Crippen LogP contribution is 2.22. The third kappa shape index (κ3) is 5.58. The summed E-state index contributed by atoms with van der Waals surface area (Å²) in [6, 6.07) is 3.19. The van der Waals surface area contributed by atoms with Gasteiger partial charge in [0.1, 0.15) is 0 Å². The fraction of sp³-hybridized carbons (Fsp3) is 0.286. The fourth-order valence-electron chi connectivity index (χ4n) is 1.65. The van der Waals surface area contributed by atoms with E-state index in [1.54, 1.807) is 29.2 Å². The molecule has 2 aromatic rings. The summed E-state index contributed by atoms with van der Waals surface area (Å²) in [7, 11) is 0. The van der Waals surface area contributed by atoms with Gasteiger partial charge >= 0.3 is 0 Å². The molecule has 0 aliphatic carbocycles. The van der Waals surface area contributed by atoms with Crippen molar-refractivity contribution >= 4 is 23.2 Å². The third-order valence-corrected chi connectivity index (χ3v) is 2.96. The standard InChI is InChI=1S/C14H15ClN6O2/c1-2-9-23-13-4-3-11(14(15)19-13)18-12(22)10-16-5-7-21-8-6-17-20-21/h1,3-4,6,8,16H,5,7,9-10H2,(H,18,22). The summed E-state index contributed by atoms with van der Waals surface area (Å²) < 4.78 is 6.81. The molecule has 23 heavy (non-hydrogen) atoms. The SMILES string of the molecule is C#CCOc1ccc(NC(=O)CNCCn2ccnn2)c(Cl)n1. The van der Waals surface area contributed by atoms with Crippen molar-refractivity contribution in [2.45, 2.75) is 6.54 Å². The van der Waals surface area contributed by atoms with E-state index in [0.717, 1.165) is 0 Å². The number of hydrogen-bond donors (Lipinski definition) is 2. The van der Waals surface area contributed by atoms with E-state index in [1.165, 1.54) is 0 Å². The number of carbonyl (C=O) groups excluding carboxylic acids is 1. The summed E-state index contributed by atoms with van der Waals surface area (Å²) in [5.41, 5.74) is 0.405. The molecule has 1 amide bonds. The van der Waals surface area contributed by atoms with Gasteiger partial charge in [0.15, 0.2) is 11.8 Å². The van der Waals surface area contributed by atoms with Crippen LogP contribution < -0.4 is 15.4 Å². The average molecular weight is 335 g/mol. The molecule has 0 saturated carbocycles. The smallest absolute Gasteiger partial charge is 0.238 e. The lowest BCUT2D eigenvalue weighted by molar-refractivity contribution is -0.115. The van der Waals surface area contributed by atoms with E-state index in [4.69, 9.17) is 22.8 Å². The van der Waals surface area contributed by atoms with E-state index in [-0.39, 0.29) is 24.2 Å². The van der Waals surface area contributed by atoms with Gasteiger partial charge in [0.05, 0.1) is 25.0 Å². The molecule has 0 aromatic carbocycles. The Balaban J connectivity index is 1.75.